The van der Waals surface area contributed by atoms with Crippen molar-refractivity contribution in [3.05, 3.63) is 45.7 Å². The van der Waals surface area contributed by atoms with E-state index in [1.807, 2.05) is 5.38 Å². The lowest BCUT2D eigenvalue weighted by molar-refractivity contribution is -0.134. The molecule has 1 unspecified atom stereocenters. The number of thiophene rings is 1. The molecular formula is C20H23ClN4O3S. The molecule has 1 fully saturated rings. The van der Waals surface area contributed by atoms with Crippen LogP contribution in [0.5, 0.6) is 0 Å². The van der Waals surface area contributed by atoms with E-state index in [0.717, 1.165) is 12.8 Å². The summed E-state index contributed by atoms with van der Waals surface area (Å²) < 4.78 is 0. The molecule has 0 radical (unpaired) electrons. The number of hydrogen-bond acceptors (Lipinski definition) is 5. The fourth-order valence-corrected chi connectivity index (χ4v) is 3.94. The number of hydrogen-bond donors (Lipinski definition) is 2. The van der Waals surface area contributed by atoms with E-state index in [4.69, 9.17) is 11.6 Å². The lowest BCUT2D eigenvalue weighted by Gasteiger charge is -2.32. The SMILES string of the molecule is O=C(NCCCC(=O)N1CCCC(C(=O)Nc2ccc(Cl)cn2)C1)c1ccsc1. The minimum Gasteiger partial charge on any atom is -0.352 e. The highest BCUT2D eigenvalue weighted by molar-refractivity contribution is 7.08. The average Bonchev–Trinajstić information content (AvgIpc) is 3.27. The fourth-order valence-electron chi connectivity index (χ4n) is 3.19. The third-order valence-corrected chi connectivity index (χ3v) is 5.67. The number of pyridine rings is 1. The molecule has 3 rings (SSSR count). The van der Waals surface area contributed by atoms with E-state index in [9.17, 15) is 14.4 Å². The summed E-state index contributed by atoms with van der Waals surface area (Å²) in [5.74, 6) is -0.0610. The van der Waals surface area contributed by atoms with Crippen LogP contribution in [0.25, 0.3) is 0 Å². The van der Waals surface area contributed by atoms with Crippen LogP contribution in [-0.4, -0.2) is 47.2 Å². The number of anilines is 1. The minimum atomic E-state index is -0.261. The summed E-state index contributed by atoms with van der Waals surface area (Å²) in [6, 6.07) is 5.08. The van der Waals surface area contributed by atoms with E-state index in [1.54, 1.807) is 28.5 Å². The van der Waals surface area contributed by atoms with E-state index in [0.29, 0.717) is 48.9 Å². The van der Waals surface area contributed by atoms with Crippen LogP contribution in [0.1, 0.15) is 36.0 Å². The van der Waals surface area contributed by atoms with Gasteiger partial charge in [0.05, 0.1) is 10.9 Å². The molecule has 29 heavy (non-hydrogen) atoms. The fraction of sp³-hybridized carbons (Fsp3) is 0.400. The number of carbonyl (C=O) groups is 3. The Morgan fingerprint density at radius 3 is 2.86 bits per heavy atom. The zero-order valence-electron chi connectivity index (χ0n) is 15.9. The third kappa shape index (κ3) is 6.27. The summed E-state index contributed by atoms with van der Waals surface area (Å²) in [6.45, 7) is 1.50. The predicted molar refractivity (Wildman–Crippen MR) is 113 cm³/mol. The van der Waals surface area contributed by atoms with Crippen LogP contribution in [-0.2, 0) is 9.59 Å². The number of likely N-dealkylation sites (tertiary alicyclic amines) is 1. The van der Waals surface area contributed by atoms with E-state index < -0.39 is 0 Å². The van der Waals surface area contributed by atoms with Crippen molar-refractivity contribution in [1.29, 1.82) is 0 Å². The molecule has 2 N–H and O–H groups in total. The van der Waals surface area contributed by atoms with Crippen molar-refractivity contribution in [2.24, 2.45) is 5.92 Å². The van der Waals surface area contributed by atoms with Gasteiger partial charge >= 0.3 is 0 Å². The lowest BCUT2D eigenvalue weighted by Crippen LogP contribution is -2.44. The van der Waals surface area contributed by atoms with Gasteiger partial charge in [0.25, 0.3) is 5.91 Å². The van der Waals surface area contributed by atoms with Crippen LogP contribution in [0.15, 0.2) is 35.2 Å². The summed E-state index contributed by atoms with van der Waals surface area (Å²) in [5.41, 5.74) is 0.640. The van der Waals surface area contributed by atoms with E-state index >= 15 is 0 Å². The molecule has 0 saturated carbocycles. The molecule has 3 amide bonds. The Bertz CT molecular complexity index is 842. The molecule has 2 aromatic heterocycles. The Labute approximate surface area is 178 Å². The number of nitrogens with zero attached hydrogens (tertiary/aromatic N) is 2. The highest BCUT2D eigenvalue weighted by Gasteiger charge is 2.28. The van der Waals surface area contributed by atoms with E-state index in [1.165, 1.54) is 17.5 Å². The highest BCUT2D eigenvalue weighted by Crippen LogP contribution is 2.20. The molecular weight excluding hydrogens is 412 g/mol. The first-order valence-electron chi connectivity index (χ1n) is 9.53. The zero-order chi connectivity index (χ0) is 20.6. The number of rotatable bonds is 7. The Morgan fingerprint density at radius 2 is 2.14 bits per heavy atom. The maximum absolute atomic E-state index is 12.5. The number of piperidine rings is 1. The second-order valence-electron chi connectivity index (χ2n) is 6.90. The predicted octanol–water partition coefficient (Wildman–Crippen LogP) is 3.18. The monoisotopic (exact) mass is 434 g/mol. The van der Waals surface area contributed by atoms with Gasteiger partial charge in [-0.3, -0.25) is 14.4 Å². The van der Waals surface area contributed by atoms with Gasteiger partial charge < -0.3 is 15.5 Å². The van der Waals surface area contributed by atoms with Crippen LogP contribution < -0.4 is 10.6 Å². The van der Waals surface area contributed by atoms with Crippen LogP contribution in [0.3, 0.4) is 0 Å². The van der Waals surface area contributed by atoms with Crippen molar-refractivity contribution in [3.8, 4) is 0 Å². The highest BCUT2D eigenvalue weighted by atomic mass is 35.5. The van der Waals surface area contributed by atoms with Crippen LogP contribution in [0.4, 0.5) is 5.82 Å². The summed E-state index contributed by atoms with van der Waals surface area (Å²) in [5, 5.41) is 9.75. The number of carbonyl (C=O) groups excluding carboxylic acids is 3. The first kappa shape index (κ1) is 21.3. The van der Waals surface area contributed by atoms with Gasteiger partial charge in [0.2, 0.25) is 11.8 Å². The molecule has 0 aromatic carbocycles. The third-order valence-electron chi connectivity index (χ3n) is 4.76. The molecule has 0 spiro atoms. The van der Waals surface area contributed by atoms with Gasteiger partial charge in [0.15, 0.2) is 0 Å². The van der Waals surface area contributed by atoms with Crippen molar-refractivity contribution >= 4 is 46.5 Å². The molecule has 154 valence electrons. The van der Waals surface area contributed by atoms with Crippen molar-refractivity contribution in [2.45, 2.75) is 25.7 Å². The van der Waals surface area contributed by atoms with Crippen molar-refractivity contribution in [2.75, 3.05) is 25.0 Å². The lowest BCUT2D eigenvalue weighted by atomic mass is 9.96. The topological polar surface area (TPSA) is 91.4 Å². The second-order valence-corrected chi connectivity index (χ2v) is 8.12. The van der Waals surface area contributed by atoms with E-state index in [-0.39, 0.29) is 23.6 Å². The normalized spacial score (nSPS) is 16.3. The first-order chi connectivity index (χ1) is 14.0. The molecule has 1 saturated heterocycles. The van der Waals surface area contributed by atoms with Gasteiger partial charge in [-0.25, -0.2) is 4.98 Å². The Kier molecular flexibility index (Phi) is 7.60. The number of halogens is 1. The van der Waals surface area contributed by atoms with Gasteiger partial charge in [-0.1, -0.05) is 11.6 Å². The van der Waals surface area contributed by atoms with Crippen LogP contribution in [0, 0.1) is 5.92 Å². The minimum absolute atomic E-state index is 0.0110. The molecule has 1 aliphatic rings. The van der Waals surface area contributed by atoms with Crippen LogP contribution >= 0.6 is 22.9 Å². The van der Waals surface area contributed by atoms with Gasteiger partial charge in [-0.15, -0.1) is 0 Å². The second kappa shape index (κ2) is 10.4. The van der Waals surface area contributed by atoms with Gasteiger partial charge in [0.1, 0.15) is 5.82 Å². The molecule has 0 aliphatic carbocycles. The van der Waals surface area contributed by atoms with Crippen LogP contribution in [0.2, 0.25) is 5.02 Å². The molecule has 7 nitrogen and oxygen atoms in total. The summed E-state index contributed by atoms with van der Waals surface area (Å²) in [7, 11) is 0. The Balaban J connectivity index is 1.41. The smallest absolute Gasteiger partial charge is 0.252 e. The van der Waals surface area contributed by atoms with E-state index in [2.05, 4.69) is 15.6 Å². The maximum Gasteiger partial charge on any atom is 0.252 e. The average molecular weight is 435 g/mol. The van der Waals surface area contributed by atoms with Gasteiger partial charge in [-0.2, -0.15) is 11.3 Å². The summed E-state index contributed by atoms with van der Waals surface area (Å²) >= 11 is 7.27. The quantitative estimate of drug-likeness (QED) is 0.654. The summed E-state index contributed by atoms with van der Waals surface area (Å²) in [6.07, 6.45) is 3.91. The molecule has 9 heteroatoms. The zero-order valence-corrected chi connectivity index (χ0v) is 17.5. The Hall–Kier alpha value is -2.45. The maximum atomic E-state index is 12.5. The number of amides is 3. The first-order valence-corrected chi connectivity index (χ1v) is 10.9. The van der Waals surface area contributed by atoms with Gasteiger partial charge in [-0.05, 0) is 42.8 Å². The standard InChI is InChI=1S/C20H23ClN4O3S/c21-16-5-6-17(23-11-16)24-20(28)14-3-2-9-25(12-14)18(26)4-1-8-22-19(27)15-7-10-29-13-15/h5-7,10-11,13-14H,1-4,8-9,12H2,(H,22,27)(H,23,24,28). The molecule has 1 aliphatic heterocycles. The van der Waals surface area contributed by atoms with Crippen molar-refractivity contribution in [3.63, 3.8) is 0 Å². The molecule has 1 atom stereocenters. The number of nitrogens with one attached hydrogen (secondary N) is 2. The summed E-state index contributed by atoms with van der Waals surface area (Å²) in [4.78, 5) is 42.7. The largest absolute Gasteiger partial charge is 0.352 e. The van der Waals surface area contributed by atoms with Crippen molar-refractivity contribution < 1.29 is 14.4 Å². The van der Waals surface area contributed by atoms with Gasteiger partial charge in [0, 0.05) is 43.2 Å². The Morgan fingerprint density at radius 1 is 1.28 bits per heavy atom. The molecule has 2 aromatic rings. The molecule has 0 bridgehead atoms. The van der Waals surface area contributed by atoms with Crippen molar-refractivity contribution in [1.82, 2.24) is 15.2 Å². The molecule has 3 heterocycles. The number of aromatic nitrogens is 1.